The van der Waals surface area contributed by atoms with Crippen LogP contribution >= 0.6 is 0 Å². The summed E-state index contributed by atoms with van der Waals surface area (Å²) in [7, 11) is 0. The molecule has 0 aromatic heterocycles. The number of esters is 1. The predicted molar refractivity (Wildman–Crippen MR) is 130 cm³/mol. The Morgan fingerprint density at radius 2 is 1.82 bits per heavy atom. The van der Waals surface area contributed by atoms with Gasteiger partial charge in [-0.25, -0.2) is 14.6 Å². The lowest BCUT2D eigenvalue weighted by molar-refractivity contribution is -0.139. The second-order valence-electron chi connectivity index (χ2n) is 8.29. The molecule has 1 rings (SSSR count). The van der Waals surface area contributed by atoms with Crippen LogP contribution < -0.4 is 16.4 Å². The van der Waals surface area contributed by atoms with E-state index in [0.717, 1.165) is 38.5 Å². The Kier molecular flexibility index (Phi) is 13.9. The van der Waals surface area contributed by atoms with Crippen molar-refractivity contribution in [3.63, 3.8) is 0 Å². The van der Waals surface area contributed by atoms with Gasteiger partial charge in [0.05, 0.1) is 37.5 Å². The van der Waals surface area contributed by atoms with Gasteiger partial charge in [-0.15, -0.1) is 0 Å². The molecule has 0 bridgehead atoms. The molecule has 10 heteroatoms. The van der Waals surface area contributed by atoms with Gasteiger partial charge in [-0.3, -0.25) is 10.1 Å². The van der Waals surface area contributed by atoms with E-state index in [-0.39, 0.29) is 37.6 Å². The van der Waals surface area contributed by atoms with Crippen LogP contribution in [-0.2, 0) is 23.8 Å². The lowest BCUT2D eigenvalue weighted by Crippen LogP contribution is -2.54. The van der Waals surface area contributed by atoms with Gasteiger partial charge in [0.1, 0.15) is 0 Å². The molecule has 0 aliphatic heterocycles. The summed E-state index contributed by atoms with van der Waals surface area (Å²) in [5.41, 5.74) is 6.37. The minimum atomic E-state index is -0.698. The van der Waals surface area contributed by atoms with Gasteiger partial charge >= 0.3 is 12.1 Å². The van der Waals surface area contributed by atoms with Crippen LogP contribution in [0, 0.1) is 0 Å². The van der Waals surface area contributed by atoms with E-state index in [1.165, 1.54) is 6.92 Å². The van der Waals surface area contributed by atoms with Crippen molar-refractivity contribution in [2.75, 3.05) is 13.2 Å². The molecule has 0 radical (unpaired) electrons. The summed E-state index contributed by atoms with van der Waals surface area (Å²) in [4.78, 5) is 40.9. The molecule has 0 aromatic carbocycles. The van der Waals surface area contributed by atoms with Crippen LogP contribution in [-0.4, -0.2) is 61.4 Å². The fourth-order valence-electron chi connectivity index (χ4n) is 3.73. The molecule has 3 unspecified atom stereocenters. The number of unbranched alkanes of at least 4 members (excludes halogenated alkanes) is 3. The van der Waals surface area contributed by atoms with Gasteiger partial charge in [0, 0.05) is 18.9 Å². The molecular weight excluding hydrogens is 440 g/mol. The number of ether oxygens (including phenoxy) is 3. The molecule has 1 aliphatic rings. The van der Waals surface area contributed by atoms with Gasteiger partial charge in [0.15, 0.2) is 5.96 Å². The molecule has 0 saturated carbocycles. The maximum Gasteiger partial charge on any atom is 0.413 e. The summed E-state index contributed by atoms with van der Waals surface area (Å²) in [6.07, 6.45) is 5.94. The van der Waals surface area contributed by atoms with Gasteiger partial charge in [-0.1, -0.05) is 40.0 Å². The Hall–Kier alpha value is -2.62. The van der Waals surface area contributed by atoms with Crippen LogP contribution in [0.2, 0.25) is 0 Å². The number of hydrogen-bond donors (Lipinski definition) is 3. The molecule has 2 amide bonds. The largest absolute Gasteiger partial charge is 0.463 e. The molecule has 1 aliphatic carbocycles. The predicted octanol–water partition coefficient (Wildman–Crippen LogP) is 2.95. The number of carbonyl (C=O) groups is 3. The molecule has 0 fully saturated rings. The Bertz CT molecular complexity index is 720. The van der Waals surface area contributed by atoms with Crippen LogP contribution in [0.15, 0.2) is 16.6 Å². The van der Waals surface area contributed by atoms with Crippen LogP contribution in [0.5, 0.6) is 0 Å². The monoisotopic (exact) mass is 482 g/mol. The maximum atomic E-state index is 12.5. The molecule has 0 heterocycles. The SMILES string of the molecule is CCCCCCOC(=O)NC(N)=NC1CC(C(=O)OCC)=CC(OC(CC)CC)C1NC(C)=O. The zero-order valence-corrected chi connectivity index (χ0v) is 21.2. The van der Waals surface area contributed by atoms with E-state index < -0.39 is 30.3 Å². The Labute approximate surface area is 203 Å². The summed E-state index contributed by atoms with van der Waals surface area (Å²) >= 11 is 0. The molecular formula is C24H42N4O6. The highest BCUT2D eigenvalue weighted by atomic mass is 16.5. The first-order chi connectivity index (χ1) is 16.2. The van der Waals surface area contributed by atoms with E-state index in [1.807, 2.05) is 13.8 Å². The van der Waals surface area contributed by atoms with Crippen molar-refractivity contribution in [1.82, 2.24) is 10.6 Å². The Balaban J connectivity index is 3.06. The summed E-state index contributed by atoms with van der Waals surface area (Å²) < 4.78 is 16.5. The number of guanidine groups is 1. The first kappa shape index (κ1) is 29.4. The van der Waals surface area contributed by atoms with Gasteiger partial charge in [-0.05, 0) is 32.3 Å². The van der Waals surface area contributed by atoms with Crippen LogP contribution in [0.3, 0.4) is 0 Å². The van der Waals surface area contributed by atoms with Crippen molar-refractivity contribution >= 4 is 23.9 Å². The van der Waals surface area contributed by atoms with Crippen molar-refractivity contribution in [3.05, 3.63) is 11.6 Å². The van der Waals surface area contributed by atoms with Crippen molar-refractivity contribution in [2.45, 2.75) is 104 Å². The third-order valence-corrected chi connectivity index (χ3v) is 5.50. The topological polar surface area (TPSA) is 141 Å². The van der Waals surface area contributed by atoms with Crippen LogP contribution in [0.1, 0.15) is 79.6 Å². The summed E-state index contributed by atoms with van der Waals surface area (Å²) in [5.74, 6) is -0.903. The highest BCUT2D eigenvalue weighted by molar-refractivity contribution is 5.93. The molecule has 194 valence electrons. The average Bonchev–Trinajstić information content (AvgIpc) is 2.78. The number of nitrogens with one attached hydrogen (secondary N) is 2. The van der Waals surface area contributed by atoms with Gasteiger partial charge in [-0.2, -0.15) is 0 Å². The third-order valence-electron chi connectivity index (χ3n) is 5.50. The van der Waals surface area contributed by atoms with Crippen molar-refractivity contribution in [1.29, 1.82) is 0 Å². The maximum absolute atomic E-state index is 12.5. The first-order valence-corrected chi connectivity index (χ1v) is 12.3. The van der Waals surface area contributed by atoms with E-state index in [0.29, 0.717) is 5.57 Å². The Morgan fingerprint density at radius 1 is 1.12 bits per heavy atom. The lowest BCUT2D eigenvalue weighted by atomic mass is 9.88. The number of nitrogens with zero attached hydrogens (tertiary/aromatic N) is 1. The number of aliphatic imine (C=N–C) groups is 1. The highest BCUT2D eigenvalue weighted by Crippen LogP contribution is 2.27. The second-order valence-corrected chi connectivity index (χ2v) is 8.29. The number of carbonyl (C=O) groups excluding carboxylic acids is 3. The van der Waals surface area contributed by atoms with E-state index in [4.69, 9.17) is 19.9 Å². The number of nitrogens with two attached hydrogens (primary N) is 1. The molecule has 34 heavy (non-hydrogen) atoms. The normalized spacial score (nSPS) is 20.5. The molecule has 0 spiro atoms. The number of alkyl carbamates (subject to hydrolysis) is 1. The van der Waals surface area contributed by atoms with E-state index in [2.05, 4.69) is 22.5 Å². The summed E-state index contributed by atoms with van der Waals surface area (Å²) in [6, 6.07) is -1.24. The molecule has 4 N–H and O–H groups in total. The standard InChI is InChI=1S/C24H42N4O6/c1-6-10-11-12-13-33-24(31)28-23(25)27-19-14-17(22(30)32-9-4)15-20(21(19)26-16(5)29)34-18(7-2)8-3/h15,18-21H,6-14H2,1-5H3,(H,26,29)(H3,25,27,28,31). The summed E-state index contributed by atoms with van der Waals surface area (Å²) in [5, 5.41) is 5.29. The third kappa shape index (κ3) is 10.5. The molecule has 0 aromatic rings. The van der Waals surface area contributed by atoms with E-state index >= 15 is 0 Å². The number of hydrogen-bond acceptors (Lipinski definition) is 7. The molecule has 10 nitrogen and oxygen atoms in total. The van der Waals surface area contributed by atoms with Crippen LogP contribution in [0.4, 0.5) is 4.79 Å². The number of rotatable bonds is 13. The average molecular weight is 483 g/mol. The minimum absolute atomic E-state index is 0.0677. The Morgan fingerprint density at radius 3 is 2.41 bits per heavy atom. The fraction of sp³-hybridized carbons (Fsp3) is 0.750. The van der Waals surface area contributed by atoms with Gasteiger partial charge in [0.25, 0.3) is 0 Å². The van der Waals surface area contributed by atoms with E-state index in [1.54, 1.807) is 13.0 Å². The van der Waals surface area contributed by atoms with Crippen molar-refractivity contribution in [2.24, 2.45) is 10.7 Å². The first-order valence-electron chi connectivity index (χ1n) is 12.3. The van der Waals surface area contributed by atoms with Crippen molar-refractivity contribution < 1.29 is 28.6 Å². The quantitative estimate of drug-likeness (QED) is 0.159. The van der Waals surface area contributed by atoms with Gasteiger partial charge in [0.2, 0.25) is 5.91 Å². The number of amides is 2. The zero-order chi connectivity index (χ0) is 25.5. The van der Waals surface area contributed by atoms with Gasteiger partial charge < -0.3 is 25.3 Å². The zero-order valence-electron chi connectivity index (χ0n) is 21.2. The van der Waals surface area contributed by atoms with Crippen LogP contribution in [0.25, 0.3) is 0 Å². The van der Waals surface area contributed by atoms with E-state index in [9.17, 15) is 14.4 Å². The van der Waals surface area contributed by atoms with Crippen molar-refractivity contribution in [3.8, 4) is 0 Å². The lowest BCUT2D eigenvalue weighted by Gasteiger charge is -2.36. The highest BCUT2D eigenvalue weighted by Gasteiger charge is 2.38. The fourth-order valence-corrected chi connectivity index (χ4v) is 3.73. The summed E-state index contributed by atoms with van der Waals surface area (Å²) in [6.45, 7) is 9.76. The minimum Gasteiger partial charge on any atom is -0.463 e. The second kappa shape index (κ2) is 16.1. The molecule has 0 saturated heterocycles. The smallest absolute Gasteiger partial charge is 0.413 e. The molecule has 3 atom stereocenters.